The molecule has 38 heavy (non-hydrogen) atoms. The van der Waals surface area contributed by atoms with Crippen molar-refractivity contribution >= 4 is 0 Å². The number of hydrogen-bond acceptors (Lipinski definition) is 4. The van der Waals surface area contributed by atoms with Crippen molar-refractivity contribution in [3.05, 3.63) is 154 Å². The van der Waals surface area contributed by atoms with Gasteiger partial charge in [0.25, 0.3) is 0 Å². The van der Waals surface area contributed by atoms with Crippen LogP contribution >= 0.6 is 0 Å². The molecule has 5 aromatic rings. The van der Waals surface area contributed by atoms with E-state index in [1.807, 2.05) is 48.5 Å². The Morgan fingerprint density at radius 3 is 1.18 bits per heavy atom. The molecule has 0 aromatic heterocycles. The van der Waals surface area contributed by atoms with Crippen LogP contribution in [0, 0.1) is 6.92 Å². The van der Waals surface area contributed by atoms with Gasteiger partial charge in [0.15, 0.2) is 0 Å². The van der Waals surface area contributed by atoms with Crippen LogP contribution in [0.1, 0.15) is 51.8 Å². The van der Waals surface area contributed by atoms with Crippen LogP contribution in [0.3, 0.4) is 0 Å². The maximum Gasteiger partial charge on any atom is 0.115 e. The molecule has 0 saturated heterocycles. The van der Waals surface area contributed by atoms with Gasteiger partial charge in [-0.3, -0.25) is 0 Å². The molecule has 0 bridgehead atoms. The molecular formula is C34H30O4. The van der Waals surface area contributed by atoms with Gasteiger partial charge in [-0.15, -0.1) is 0 Å². The van der Waals surface area contributed by atoms with Crippen LogP contribution in [0.5, 0.6) is 23.0 Å². The average Bonchev–Trinajstić information content (AvgIpc) is 2.91. The van der Waals surface area contributed by atoms with Crippen LogP contribution in [0.15, 0.2) is 115 Å². The second-order valence-electron chi connectivity index (χ2n) is 9.91. The lowest BCUT2D eigenvalue weighted by atomic mass is 9.69. The van der Waals surface area contributed by atoms with Crippen molar-refractivity contribution in [2.24, 2.45) is 0 Å². The zero-order valence-corrected chi connectivity index (χ0v) is 21.3. The first kappa shape index (κ1) is 25.0. The van der Waals surface area contributed by atoms with Crippen LogP contribution in [-0.4, -0.2) is 20.4 Å². The van der Waals surface area contributed by atoms with Gasteiger partial charge in [-0.25, -0.2) is 0 Å². The first-order valence-corrected chi connectivity index (χ1v) is 12.5. The number of aryl methyl sites for hydroxylation is 1. The number of benzene rings is 5. The Balaban J connectivity index is 1.67. The molecular weight excluding hydrogens is 472 g/mol. The normalized spacial score (nSPS) is 11.6. The maximum absolute atomic E-state index is 9.94. The molecule has 4 N–H and O–H groups in total. The Hall–Kier alpha value is -4.70. The zero-order valence-electron chi connectivity index (χ0n) is 21.3. The summed E-state index contributed by atoms with van der Waals surface area (Å²) in [5.41, 5.74) is 6.83. The monoisotopic (exact) mass is 502 g/mol. The quantitative estimate of drug-likeness (QED) is 0.183. The fourth-order valence-electron chi connectivity index (χ4n) is 5.41. The molecule has 0 saturated carbocycles. The highest BCUT2D eigenvalue weighted by molar-refractivity contribution is 5.56. The number of hydrogen-bond donors (Lipinski definition) is 4. The minimum atomic E-state index is -0.545. The van der Waals surface area contributed by atoms with Crippen LogP contribution in [0.2, 0.25) is 0 Å². The van der Waals surface area contributed by atoms with E-state index in [-0.39, 0.29) is 28.9 Å². The largest absolute Gasteiger partial charge is 0.508 e. The van der Waals surface area contributed by atoms with Gasteiger partial charge in [-0.05, 0) is 101 Å². The standard InChI is InChI=1S/C34H30O4/c1-22-21-25(33(23-3-12-28(35)13-4-23)24-5-14-29(36)15-6-24)7-20-32(22)34(2,26-8-16-30(37)17-9-26)27-10-18-31(38)19-11-27/h3-21,33,35-38H,1-2H3. The van der Waals surface area contributed by atoms with Crippen molar-refractivity contribution in [2.45, 2.75) is 25.2 Å². The Morgan fingerprint density at radius 2 is 0.816 bits per heavy atom. The van der Waals surface area contributed by atoms with Crippen molar-refractivity contribution in [1.29, 1.82) is 0 Å². The molecule has 0 amide bonds. The van der Waals surface area contributed by atoms with E-state index in [2.05, 4.69) is 32.0 Å². The SMILES string of the molecule is Cc1cc(C(c2ccc(O)cc2)c2ccc(O)cc2)ccc1C(C)(c1ccc(O)cc1)c1ccc(O)cc1. The highest BCUT2D eigenvalue weighted by Crippen LogP contribution is 2.43. The molecule has 0 aliphatic carbocycles. The second-order valence-corrected chi connectivity index (χ2v) is 9.91. The van der Waals surface area contributed by atoms with E-state index in [1.165, 1.54) is 0 Å². The first-order valence-electron chi connectivity index (χ1n) is 12.5. The molecule has 0 aliphatic heterocycles. The zero-order chi connectivity index (χ0) is 26.9. The molecule has 0 heterocycles. The smallest absolute Gasteiger partial charge is 0.115 e. The fourth-order valence-corrected chi connectivity index (χ4v) is 5.41. The third kappa shape index (κ3) is 4.69. The van der Waals surface area contributed by atoms with Gasteiger partial charge in [0.1, 0.15) is 23.0 Å². The Bertz CT molecular complexity index is 1440. The molecule has 4 nitrogen and oxygen atoms in total. The van der Waals surface area contributed by atoms with E-state index in [0.29, 0.717) is 0 Å². The number of rotatable bonds is 6. The topological polar surface area (TPSA) is 80.9 Å². The number of phenolic OH excluding ortho intramolecular Hbond substituents is 4. The van der Waals surface area contributed by atoms with Gasteiger partial charge in [-0.2, -0.15) is 0 Å². The summed E-state index contributed by atoms with van der Waals surface area (Å²) in [5, 5.41) is 39.6. The van der Waals surface area contributed by atoms with Gasteiger partial charge in [-0.1, -0.05) is 66.7 Å². The second kappa shape index (κ2) is 9.98. The van der Waals surface area contributed by atoms with Crippen LogP contribution in [-0.2, 0) is 5.41 Å². The van der Waals surface area contributed by atoms with Gasteiger partial charge in [0, 0.05) is 11.3 Å². The van der Waals surface area contributed by atoms with E-state index in [9.17, 15) is 20.4 Å². The fraction of sp³-hybridized carbons (Fsp3) is 0.118. The molecule has 0 fully saturated rings. The molecule has 5 aromatic carbocycles. The van der Waals surface area contributed by atoms with Gasteiger partial charge in [0.05, 0.1) is 0 Å². The van der Waals surface area contributed by atoms with E-state index < -0.39 is 5.41 Å². The van der Waals surface area contributed by atoms with E-state index in [0.717, 1.165) is 38.9 Å². The molecule has 5 rings (SSSR count). The van der Waals surface area contributed by atoms with Crippen molar-refractivity contribution < 1.29 is 20.4 Å². The summed E-state index contributed by atoms with van der Waals surface area (Å²) in [6.45, 7) is 4.26. The average molecular weight is 503 g/mol. The number of aromatic hydroxyl groups is 4. The van der Waals surface area contributed by atoms with E-state index in [4.69, 9.17) is 0 Å². The Kier molecular flexibility index (Phi) is 6.56. The molecule has 0 spiro atoms. The summed E-state index contributed by atoms with van der Waals surface area (Å²) in [6.07, 6.45) is 0. The van der Waals surface area contributed by atoms with Gasteiger partial charge < -0.3 is 20.4 Å². The Labute approximate surface area is 222 Å². The van der Waals surface area contributed by atoms with Crippen molar-refractivity contribution in [2.75, 3.05) is 0 Å². The lowest BCUT2D eigenvalue weighted by molar-refractivity contribution is 0.473. The molecule has 0 unspecified atom stereocenters. The van der Waals surface area contributed by atoms with E-state index >= 15 is 0 Å². The molecule has 0 aliphatic rings. The van der Waals surface area contributed by atoms with Crippen LogP contribution in [0.4, 0.5) is 0 Å². The summed E-state index contributed by atoms with van der Waals surface area (Å²) in [4.78, 5) is 0. The van der Waals surface area contributed by atoms with Gasteiger partial charge >= 0.3 is 0 Å². The lowest BCUT2D eigenvalue weighted by Gasteiger charge is -2.34. The molecule has 0 atom stereocenters. The number of phenols is 4. The molecule has 190 valence electrons. The summed E-state index contributed by atoms with van der Waals surface area (Å²) in [6, 6.07) is 35.5. The first-order chi connectivity index (χ1) is 18.3. The summed E-state index contributed by atoms with van der Waals surface area (Å²) < 4.78 is 0. The lowest BCUT2D eigenvalue weighted by Crippen LogP contribution is -2.26. The van der Waals surface area contributed by atoms with Gasteiger partial charge in [0.2, 0.25) is 0 Å². The summed E-state index contributed by atoms with van der Waals surface area (Å²) in [7, 11) is 0. The molecule has 4 heteroatoms. The maximum atomic E-state index is 9.94. The molecule has 0 radical (unpaired) electrons. The van der Waals surface area contributed by atoms with Crippen LogP contribution in [0.25, 0.3) is 0 Å². The third-order valence-electron chi connectivity index (χ3n) is 7.46. The van der Waals surface area contributed by atoms with Crippen LogP contribution < -0.4 is 0 Å². The predicted molar refractivity (Wildman–Crippen MR) is 150 cm³/mol. The Morgan fingerprint density at radius 1 is 0.474 bits per heavy atom. The van der Waals surface area contributed by atoms with E-state index in [1.54, 1.807) is 48.5 Å². The summed E-state index contributed by atoms with van der Waals surface area (Å²) >= 11 is 0. The minimum absolute atomic E-state index is 0.0995. The van der Waals surface area contributed by atoms with Crippen molar-refractivity contribution in [3.63, 3.8) is 0 Å². The van der Waals surface area contributed by atoms with Crippen molar-refractivity contribution in [3.8, 4) is 23.0 Å². The highest BCUT2D eigenvalue weighted by Gasteiger charge is 2.33. The highest BCUT2D eigenvalue weighted by atomic mass is 16.3. The van der Waals surface area contributed by atoms with Crippen molar-refractivity contribution in [1.82, 2.24) is 0 Å². The predicted octanol–water partition coefficient (Wildman–Crippen LogP) is 7.35. The third-order valence-corrected chi connectivity index (χ3v) is 7.46. The summed E-state index contributed by atoms with van der Waals surface area (Å²) in [5.74, 6) is 0.739. The minimum Gasteiger partial charge on any atom is -0.508 e.